The van der Waals surface area contributed by atoms with Gasteiger partial charge in [0.25, 0.3) is 0 Å². The summed E-state index contributed by atoms with van der Waals surface area (Å²) in [5.74, 6) is 0.779. The molecule has 2 atom stereocenters. The zero-order valence-corrected chi connectivity index (χ0v) is 13.7. The third-order valence-corrected chi connectivity index (χ3v) is 6.02. The number of para-hydroxylation sites is 1. The normalized spacial score (nSPS) is 30.7. The Morgan fingerprint density at radius 3 is 2.61 bits per heavy atom. The highest BCUT2D eigenvalue weighted by Gasteiger charge is 2.59. The number of benzene rings is 1. The van der Waals surface area contributed by atoms with E-state index < -0.39 is 6.61 Å². The van der Waals surface area contributed by atoms with Gasteiger partial charge in [-0.3, -0.25) is 0 Å². The molecule has 2 bridgehead atoms. The van der Waals surface area contributed by atoms with Crippen molar-refractivity contribution in [1.29, 1.82) is 0 Å². The molecule has 0 saturated heterocycles. The van der Waals surface area contributed by atoms with Gasteiger partial charge in [-0.2, -0.15) is 19.0 Å². The van der Waals surface area contributed by atoms with Crippen molar-refractivity contribution in [1.82, 2.24) is 0 Å². The first-order valence-electron chi connectivity index (χ1n) is 7.99. The van der Waals surface area contributed by atoms with E-state index in [0.717, 1.165) is 18.6 Å². The summed E-state index contributed by atoms with van der Waals surface area (Å²) in [4.78, 5) is 0. The van der Waals surface area contributed by atoms with E-state index in [9.17, 15) is 8.78 Å². The van der Waals surface area contributed by atoms with E-state index in [0.29, 0.717) is 11.5 Å². The average Bonchev–Trinajstić information content (AvgIpc) is 2.82. The molecule has 0 unspecified atom stereocenters. The first-order chi connectivity index (χ1) is 10.8. The molecule has 1 aromatic carbocycles. The molecule has 2 fully saturated rings. The Morgan fingerprint density at radius 1 is 1.26 bits per heavy atom. The number of alkyl halides is 2. The van der Waals surface area contributed by atoms with Crippen molar-refractivity contribution < 1.29 is 13.5 Å². The van der Waals surface area contributed by atoms with Crippen molar-refractivity contribution in [3.05, 3.63) is 29.8 Å². The van der Waals surface area contributed by atoms with Crippen LogP contribution < -0.4 is 4.74 Å². The number of nitrogens with zero attached hydrogens (tertiary/aromatic N) is 2. The van der Waals surface area contributed by atoms with Crippen molar-refractivity contribution in [2.75, 3.05) is 0 Å². The lowest BCUT2D eigenvalue weighted by atomic mass is 9.70. The number of hydrogen-bond donors (Lipinski definition) is 0. The molecule has 5 heteroatoms. The molecule has 3 rings (SSSR count). The lowest BCUT2D eigenvalue weighted by Crippen LogP contribution is -2.32. The minimum atomic E-state index is -2.85. The summed E-state index contributed by atoms with van der Waals surface area (Å²) in [6.07, 6.45) is 4.87. The third-order valence-electron chi connectivity index (χ3n) is 6.02. The van der Waals surface area contributed by atoms with Gasteiger partial charge in [0.15, 0.2) is 0 Å². The van der Waals surface area contributed by atoms with Crippen molar-refractivity contribution in [2.24, 2.45) is 27.0 Å². The van der Waals surface area contributed by atoms with E-state index >= 15 is 0 Å². The van der Waals surface area contributed by atoms with Crippen LogP contribution in [0.15, 0.2) is 34.5 Å². The summed E-state index contributed by atoms with van der Waals surface area (Å²) in [5, 5.41) is 8.59. The lowest BCUT2D eigenvalue weighted by molar-refractivity contribution is -0.0499. The molecule has 0 spiro atoms. The van der Waals surface area contributed by atoms with Gasteiger partial charge in [-0.05, 0) is 42.7 Å². The zero-order chi connectivity index (χ0) is 16.7. The molecule has 23 heavy (non-hydrogen) atoms. The number of halogens is 2. The summed E-state index contributed by atoms with van der Waals surface area (Å²) in [6.45, 7) is 4.04. The zero-order valence-electron chi connectivity index (χ0n) is 13.7. The molecule has 2 aliphatic rings. The number of rotatable bonds is 4. The minimum Gasteiger partial charge on any atom is -0.434 e. The van der Waals surface area contributed by atoms with Crippen molar-refractivity contribution >= 4 is 11.9 Å². The van der Waals surface area contributed by atoms with Crippen molar-refractivity contribution in [2.45, 2.75) is 46.6 Å². The van der Waals surface area contributed by atoms with Gasteiger partial charge in [-0.15, -0.1) is 0 Å². The SMILES string of the molecule is CC1(C)[C@H]2CC[C@]1(C)/C(=N/N=C\c1ccccc1OC(F)F)C2. The Morgan fingerprint density at radius 2 is 2.00 bits per heavy atom. The van der Waals surface area contributed by atoms with Gasteiger partial charge >= 0.3 is 6.61 Å². The Bertz CT molecular complexity index is 654. The fourth-order valence-corrected chi connectivity index (χ4v) is 4.03. The number of fused-ring (bicyclic) bond motifs is 2. The first-order valence-corrected chi connectivity index (χ1v) is 7.99. The highest BCUT2D eigenvalue weighted by atomic mass is 19.3. The molecule has 2 aliphatic carbocycles. The summed E-state index contributed by atoms with van der Waals surface area (Å²) in [6, 6.07) is 6.60. The molecule has 3 nitrogen and oxygen atoms in total. The van der Waals surface area contributed by atoms with Crippen LogP contribution in [0.1, 0.15) is 45.6 Å². The van der Waals surface area contributed by atoms with Crippen LogP contribution >= 0.6 is 0 Å². The van der Waals surface area contributed by atoms with E-state index in [1.807, 2.05) is 0 Å². The molecule has 2 saturated carbocycles. The molecule has 0 aliphatic heterocycles. The van der Waals surface area contributed by atoms with Crippen LogP contribution in [0.3, 0.4) is 0 Å². The Labute approximate surface area is 135 Å². The van der Waals surface area contributed by atoms with E-state index in [4.69, 9.17) is 0 Å². The fraction of sp³-hybridized carbons (Fsp3) is 0.556. The predicted molar refractivity (Wildman–Crippen MR) is 87.3 cm³/mol. The second-order valence-corrected chi connectivity index (χ2v) is 7.20. The maximum atomic E-state index is 12.4. The van der Waals surface area contributed by atoms with E-state index in [-0.39, 0.29) is 16.6 Å². The molecule has 0 aromatic heterocycles. The molecule has 124 valence electrons. The van der Waals surface area contributed by atoms with Crippen LogP contribution in [0.25, 0.3) is 0 Å². The topological polar surface area (TPSA) is 34.0 Å². The van der Waals surface area contributed by atoms with Crippen LogP contribution in [-0.4, -0.2) is 18.5 Å². The standard InChI is InChI=1S/C18H22F2N2O/c1-17(2)13-8-9-18(17,3)15(10-13)22-21-11-12-6-4-5-7-14(12)23-16(19)20/h4-7,11,13,16H,8-10H2,1-3H3/b21-11-,22-15+/t13-,18+/m0/s1. The van der Waals surface area contributed by atoms with Gasteiger partial charge in [0.2, 0.25) is 0 Å². The summed E-state index contributed by atoms with van der Waals surface area (Å²) in [5.41, 5.74) is 1.97. The Balaban J connectivity index is 1.80. The van der Waals surface area contributed by atoms with E-state index in [1.54, 1.807) is 18.2 Å². The van der Waals surface area contributed by atoms with Crippen molar-refractivity contribution in [3.63, 3.8) is 0 Å². The maximum absolute atomic E-state index is 12.4. The van der Waals surface area contributed by atoms with Crippen LogP contribution in [0.5, 0.6) is 5.75 Å². The maximum Gasteiger partial charge on any atom is 0.387 e. The second-order valence-electron chi connectivity index (χ2n) is 7.20. The second kappa shape index (κ2) is 5.69. The van der Waals surface area contributed by atoms with Gasteiger partial charge in [-0.1, -0.05) is 32.9 Å². The van der Waals surface area contributed by atoms with Gasteiger partial charge < -0.3 is 4.74 Å². The van der Waals surface area contributed by atoms with Gasteiger partial charge in [0.1, 0.15) is 5.75 Å². The number of ether oxygens (including phenoxy) is 1. The van der Waals surface area contributed by atoms with Crippen LogP contribution in [0.4, 0.5) is 8.78 Å². The summed E-state index contributed by atoms with van der Waals surface area (Å²) < 4.78 is 29.3. The Kier molecular flexibility index (Phi) is 3.98. The molecule has 0 N–H and O–H groups in total. The predicted octanol–water partition coefficient (Wildman–Crippen LogP) is 4.91. The largest absolute Gasteiger partial charge is 0.434 e. The first kappa shape index (κ1) is 16.1. The monoisotopic (exact) mass is 320 g/mol. The average molecular weight is 320 g/mol. The molecule has 0 radical (unpaired) electrons. The molecular formula is C18H22F2N2O. The highest BCUT2D eigenvalue weighted by Crippen LogP contribution is 2.63. The fourth-order valence-electron chi connectivity index (χ4n) is 4.03. The van der Waals surface area contributed by atoms with Crippen molar-refractivity contribution in [3.8, 4) is 5.75 Å². The minimum absolute atomic E-state index is 0.0913. The van der Waals surface area contributed by atoms with Gasteiger partial charge in [0.05, 0.1) is 6.21 Å². The Hall–Kier alpha value is -1.78. The summed E-state index contributed by atoms with van der Waals surface area (Å²) in [7, 11) is 0. The van der Waals surface area contributed by atoms with E-state index in [2.05, 4.69) is 35.7 Å². The highest BCUT2D eigenvalue weighted by molar-refractivity contribution is 5.95. The smallest absolute Gasteiger partial charge is 0.387 e. The molecule has 1 aromatic rings. The van der Waals surface area contributed by atoms with Crippen LogP contribution in [0.2, 0.25) is 0 Å². The molecule has 0 heterocycles. The molecule has 0 amide bonds. The van der Waals surface area contributed by atoms with Crippen LogP contribution in [0, 0.1) is 16.7 Å². The molecular weight excluding hydrogens is 298 g/mol. The van der Waals surface area contributed by atoms with E-state index in [1.165, 1.54) is 18.7 Å². The third kappa shape index (κ3) is 2.66. The summed E-state index contributed by atoms with van der Waals surface area (Å²) >= 11 is 0. The van der Waals surface area contributed by atoms with Crippen LogP contribution in [-0.2, 0) is 0 Å². The quantitative estimate of drug-likeness (QED) is 0.573. The van der Waals surface area contributed by atoms with Gasteiger partial charge in [0, 0.05) is 16.7 Å². The van der Waals surface area contributed by atoms with Gasteiger partial charge in [-0.25, -0.2) is 0 Å². The lowest BCUT2D eigenvalue weighted by Gasteiger charge is -2.34. The number of hydrogen-bond acceptors (Lipinski definition) is 3.